The summed E-state index contributed by atoms with van der Waals surface area (Å²) in [5.41, 5.74) is 5.44. The van der Waals surface area contributed by atoms with Gasteiger partial charge < -0.3 is 15.6 Å². The summed E-state index contributed by atoms with van der Waals surface area (Å²) < 4.78 is 5.23. The molecule has 90 valence electrons. The van der Waals surface area contributed by atoms with Crippen LogP contribution < -0.4 is 11.1 Å². The molecule has 0 aliphatic carbocycles. The molecule has 16 heavy (non-hydrogen) atoms. The second kappa shape index (κ2) is 5.96. The van der Waals surface area contributed by atoms with Gasteiger partial charge in [0, 0.05) is 12.8 Å². The zero-order chi connectivity index (χ0) is 11.2. The first-order chi connectivity index (χ1) is 7.88. The van der Waals surface area contributed by atoms with Crippen molar-refractivity contribution in [3.8, 4) is 0 Å². The van der Waals surface area contributed by atoms with Crippen molar-refractivity contribution in [2.45, 2.75) is 32.1 Å². The van der Waals surface area contributed by atoms with Gasteiger partial charge in [0.1, 0.15) is 0 Å². The average molecular weight is 224 g/mol. The van der Waals surface area contributed by atoms with E-state index in [-0.39, 0.29) is 0 Å². The van der Waals surface area contributed by atoms with Gasteiger partial charge in [0.15, 0.2) is 5.82 Å². The first-order valence-corrected chi connectivity index (χ1v) is 6.10. The molecule has 0 saturated carbocycles. The number of nitrogens with zero attached hydrogens (tertiary/aromatic N) is 2. The van der Waals surface area contributed by atoms with Gasteiger partial charge in [-0.15, -0.1) is 0 Å². The lowest BCUT2D eigenvalue weighted by atomic mass is 9.96. The molecule has 1 aliphatic rings. The van der Waals surface area contributed by atoms with Crippen LogP contribution in [0.4, 0.5) is 0 Å². The second-order valence-corrected chi connectivity index (χ2v) is 4.41. The Labute approximate surface area is 95.8 Å². The number of nitrogens with two attached hydrogens (primary N) is 1. The van der Waals surface area contributed by atoms with Crippen LogP contribution in [0.5, 0.6) is 0 Å². The Hall–Kier alpha value is -0.940. The molecule has 1 aromatic rings. The maximum Gasteiger partial charge on any atom is 0.226 e. The van der Waals surface area contributed by atoms with E-state index in [4.69, 9.17) is 10.3 Å². The van der Waals surface area contributed by atoms with Crippen molar-refractivity contribution in [1.82, 2.24) is 15.5 Å². The van der Waals surface area contributed by atoms with Crippen LogP contribution in [0.25, 0.3) is 0 Å². The third-order valence-corrected chi connectivity index (χ3v) is 2.98. The Balaban J connectivity index is 1.81. The lowest BCUT2D eigenvalue weighted by Gasteiger charge is -2.20. The summed E-state index contributed by atoms with van der Waals surface area (Å²) in [7, 11) is 0. The fourth-order valence-corrected chi connectivity index (χ4v) is 2.08. The Morgan fingerprint density at radius 3 is 3.19 bits per heavy atom. The van der Waals surface area contributed by atoms with E-state index in [2.05, 4.69) is 15.5 Å². The van der Waals surface area contributed by atoms with Gasteiger partial charge in [0.2, 0.25) is 5.89 Å². The molecule has 3 N–H and O–H groups in total. The normalized spacial score (nSPS) is 21.2. The highest BCUT2D eigenvalue weighted by atomic mass is 16.5. The smallest absolute Gasteiger partial charge is 0.226 e. The van der Waals surface area contributed by atoms with E-state index in [9.17, 15) is 0 Å². The van der Waals surface area contributed by atoms with Crippen molar-refractivity contribution in [2.24, 2.45) is 11.7 Å². The van der Waals surface area contributed by atoms with E-state index in [0.717, 1.165) is 44.1 Å². The third-order valence-electron chi connectivity index (χ3n) is 2.98. The SMILES string of the molecule is NCCCc1noc(CC2CCCNC2)n1. The molecular formula is C11H20N4O. The van der Waals surface area contributed by atoms with Gasteiger partial charge in [-0.3, -0.25) is 0 Å². The van der Waals surface area contributed by atoms with Crippen LogP contribution in [0.2, 0.25) is 0 Å². The van der Waals surface area contributed by atoms with E-state index < -0.39 is 0 Å². The number of nitrogens with one attached hydrogen (secondary N) is 1. The highest BCUT2D eigenvalue weighted by molar-refractivity contribution is 4.89. The molecule has 5 heteroatoms. The molecule has 5 nitrogen and oxygen atoms in total. The van der Waals surface area contributed by atoms with E-state index in [1.807, 2.05) is 0 Å². The summed E-state index contributed by atoms with van der Waals surface area (Å²) in [6, 6.07) is 0. The number of piperidine rings is 1. The number of rotatable bonds is 5. The Kier molecular flexibility index (Phi) is 4.30. The van der Waals surface area contributed by atoms with Gasteiger partial charge in [-0.1, -0.05) is 5.16 Å². The molecule has 1 fully saturated rings. The van der Waals surface area contributed by atoms with Crippen molar-refractivity contribution in [1.29, 1.82) is 0 Å². The molecule has 1 saturated heterocycles. The molecule has 1 aromatic heterocycles. The minimum atomic E-state index is 0.650. The molecule has 1 aliphatic heterocycles. The van der Waals surface area contributed by atoms with Gasteiger partial charge in [0.25, 0.3) is 0 Å². The molecule has 0 amide bonds. The third kappa shape index (κ3) is 3.28. The van der Waals surface area contributed by atoms with Gasteiger partial charge in [-0.05, 0) is 44.8 Å². The lowest BCUT2D eigenvalue weighted by Crippen LogP contribution is -2.30. The summed E-state index contributed by atoms with van der Waals surface area (Å²) in [5, 5.41) is 7.35. The van der Waals surface area contributed by atoms with Crippen molar-refractivity contribution in [2.75, 3.05) is 19.6 Å². The van der Waals surface area contributed by atoms with Crippen molar-refractivity contribution in [3.63, 3.8) is 0 Å². The van der Waals surface area contributed by atoms with Crippen LogP contribution in [0.15, 0.2) is 4.52 Å². The van der Waals surface area contributed by atoms with Crippen LogP contribution in [0.3, 0.4) is 0 Å². The van der Waals surface area contributed by atoms with E-state index in [1.54, 1.807) is 0 Å². The number of aromatic nitrogens is 2. The Bertz CT molecular complexity index is 307. The van der Waals surface area contributed by atoms with Gasteiger partial charge in [-0.25, -0.2) is 0 Å². The highest BCUT2D eigenvalue weighted by Gasteiger charge is 2.16. The first kappa shape index (κ1) is 11.5. The standard InChI is InChI=1S/C11H20N4O/c12-5-1-4-10-14-11(16-15-10)7-9-3-2-6-13-8-9/h9,13H,1-8,12H2. The largest absolute Gasteiger partial charge is 0.339 e. The average Bonchev–Trinajstić information content (AvgIpc) is 2.75. The zero-order valence-corrected chi connectivity index (χ0v) is 9.61. The van der Waals surface area contributed by atoms with Crippen LogP contribution in [-0.2, 0) is 12.8 Å². The Morgan fingerprint density at radius 2 is 2.44 bits per heavy atom. The van der Waals surface area contributed by atoms with E-state index >= 15 is 0 Å². The van der Waals surface area contributed by atoms with E-state index in [0.29, 0.717) is 12.5 Å². The number of hydrogen-bond donors (Lipinski definition) is 2. The predicted molar refractivity (Wildman–Crippen MR) is 61.0 cm³/mol. The maximum absolute atomic E-state index is 5.44. The summed E-state index contributed by atoms with van der Waals surface area (Å²) in [6.45, 7) is 2.89. The predicted octanol–water partition coefficient (Wildman–Crippen LogP) is 0.503. The van der Waals surface area contributed by atoms with Crippen molar-refractivity contribution < 1.29 is 4.52 Å². The fourth-order valence-electron chi connectivity index (χ4n) is 2.08. The quantitative estimate of drug-likeness (QED) is 0.761. The molecule has 1 atom stereocenters. The molecule has 0 aromatic carbocycles. The van der Waals surface area contributed by atoms with Crippen LogP contribution in [-0.4, -0.2) is 29.8 Å². The van der Waals surface area contributed by atoms with Crippen LogP contribution >= 0.6 is 0 Å². The number of aryl methyl sites for hydroxylation is 1. The first-order valence-electron chi connectivity index (χ1n) is 6.10. The lowest BCUT2D eigenvalue weighted by molar-refractivity contribution is 0.314. The summed E-state index contributed by atoms with van der Waals surface area (Å²) in [5.74, 6) is 2.22. The molecule has 0 bridgehead atoms. The maximum atomic E-state index is 5.44. The molecule has 0 spiro atoms. The Morgan fingerprint density at radius 1 is 1.50 bits per heavy atom. The van der Waals surface area contributed by atoms with Crippen molar-refractivity contribution in [3.05, 3.63) is 11.7 Å². The molecule has 0 radical (unpaired) electrons. The second-order valence-electron chi connectivity index (χ2n) is 4.41. The van der Waals surface area contributed by atoms with E-state index in [1.165, 1.54) is 12.8 Å². The minimum absolute atomic E-state index is 0.650. The highest BCUT2D eigenvalue weighted by Crippen LogP contribution is 2.15. The van der Waals surface area contributed by atoms with Gasteiger partial charge in [-0.2, -0.15) is 4.98 Å². The molecular weight excluding hydrogens is 204 g/mol. The molecule has 1 unspecified atom stereocenters. The van der Waals surface area contributed by atoms with Crippen LogP contribution in [0, 0.1) is 5.92 Å². The summed E-state index contributed by atoms with van der Waals surface area (Å²) in [4.78, 5) is 4.38. The summed E-state index contributed by atoms with van der Waals surface area (Å²) >= 11 is 0. The van der Waals surface area contributed by atoms with Crippen LogP contribution in [0.1, 0.15) is 31.0 Å². The molecule has 2 rings (SSSR count). The minimum Gasteiger partial charge on any atom is -0.339 e. The van der Waals surface area contributed by atoms with Gasteiger partial charge in [0.05, 0.1) is 0 Å². The van der Waals surface area contributed by atoms with Crippen molar-refractivity contribution >= 4 is 0 Å². The summed E-state index contributed by atoms with van der Waals surface area (Å²) in [6.07, 6.45) is 5.15. The number of hydrogen-bond acceptors (Lipinski definition) is 5. The monoisotopic (exact) mass is 224 g/mol. The molecule has 2 heterocycles. The zero-order valence-electron chi connectivity index (χ0n) is 9.61. The topological polar surface area (TPSA) is 77.0 Å². The fraction of sp³-hybridized carbons (Fsp3) is 0.818. The van der Waals surface area contributed by atoms with Gasteiger partial charge >= 0.3 is 0 Å².